The molecule has 1 aromatic rings. The molecule has 2 atom stereocenters. The van der Waals surface area contributed by atoms with Crippen LogP contribution in [0.5, 0.6) is 0 Å². The Labute approximate surface area is 112 Å². The van der Waals surface area contributed by atoms with E-state index in [4.69, 9.17) is 0 Å². The number of nitrogens with zero attached hydrogens (tertiary/aromatic N) is 3. The van der Waals surface area contributed by atoms with Gasteiger partial charge in [0.05, 0.1) is 12.2 Å². The molecular weight excluding hydrogens is 244 g/mol. The van der Waals surface area contributed by atoms with Gasteiger partial charge in [0.1, 0.15) is 17.9 Å². The molecule has 0 aromatic carbocycles. The van der Waals surface area contributed by atoms with Crippen molar-refractivity contribution in [2.75, 3.05) is 0 Å². The van der Waals surface area contributed by atoms with E-state index in [-0.39, 0.29) is 11.8 Å². The Morgan fingerprint density at radius 2 is 2.21 bits per heavy atom. The van der Waals surface area contributed by atoms with Gasteiger partial charge in [-0.2, -0.15) is 0 Å². The number of carbonyl (C=O) groups excluding carboxylic acids is 2. The highest BCUT2D eigenvalue weighted by molar-refractivity contribution is 5.99. The molecule has 1 N–H and O–H groups in total. The van der Waals surface area contributed by atoms with E-state index in [1.807, 2.05) is 6.92 Å². The number of piperazine rings is 1. The van der Waals surface area contributed by atoms with Gasteiger partial charge in [0, 0.05) is 6.20 Å². The number of hydrogen-bond acceptors (Lipinski definition) is 4. The second kappa shape index (κ2) is 4.95. The van der Waals surface area contributed by atoms with E-state index in [0.29, 0.717) is 13.0 Å². The van der Waals surface area contributed by atoms with Gasteiger partial charge in [0.25, 0.3) is 0 Å². The Kier molecular flexibility index (Phi) is 3.50. The highest BCUT2D eigenvalue weighted by Gasteiger charge is 2.45. The van der Waals surface area contributed by atoms with Gasteiger partial charge in [-0.25, -0.2) is 9.97 Å². The second-order valence-electron chi connectivity index (χ2n) is 4.98. The summed E-state index contributed by atoms with van der Waals surface area (Å²) >= 11 is 0. The number of aromatic nitrogens is 2. The summed E-state index contributed by atoms with van der Waals surface area (Å²) < 4.78 is 0. The molecule has 6 nitrogen and oxygen atoms in total. The van der Waals surface area contributed by atoms with E-state index in [9.17, 15) is 9.59 Å². The van der Waals surface area contributed by atoms with E-state index in [2.05, 4.69) is 15.3 Å². The van der Waals surface area contributed by atoms with Crippen molar-refractivity contribution in [1.82, 2.24) is 20.2 Å². The van der Waals surface area contributed by atoms with Crippen LogP contribution in [0.1, 0.15) is 32.9 Å². The summed E-state index contributed by atoms with van der Waals surface area (Å²) in [5, 5.41) is 2.79. The zero-order valence-electron chi connectivity index (χ0n) is 11.4. The standard InChI is InChI=1S/C13H18N4O2/c1-4-13(3)12(19)17(9(2)11(18)16-13)7-10-5-6-14-8-15-10/h5-6,8-9H,4,7H2,1-3H3,(H,16,18). The maximum absolute atomic E-state index is 12.5. The molecule has 0 radical (unpaired) electrons. The Morgan fingerprint density at radius 1 is 1.47 bits per heavy atom. The highest BCUT2D eigenvalue weighted by Crippen LogP contribution is 2.22. The van der Waals surface area contributed by atoms with Crippen LogP contribution in [-0.4, -0.2) is 38.3 Å². The van der Waals surface area contributed by atoms with Crippen LogP contribution in [0.2, 0.25) is 0 Å². The molecule has 6 heteroatoms. The van der Waals surface area contributed by atoms with Gasteiger partial charge in [-0.3, -0.25) is 9.59 Å². The third-order valence-corrected chi connectivity index (χ3v) is 3.66. The van der Waals surface area contributed by atoms with Gasteiger partial charge < -0.3 is 10.2 Å². The number of amides is 2. The molecule has 0 bridgehead atoms. The van der Waals surface area contributed by atoms with Crippen LogP contribution in [0, 0.1) is 0 Å². The zero-order valence-corrected chi connectivity index (χ0v) is 11.4. The summed E-state index contributed by atoms with van der Waals surface area (Å²) in [6.07, 6.45) is 3.62. The maximum Gasteiger partial charge on any atom is 0.249 e. The highest BCUT2D eigenvalue weighted by atomic mass is 16.2. The van der Waals surface area contributed by atoms with Crippen molar-refractivity contribution in [3.05, 3.63) is 24.3 Å². The van der Waals surface area contributed by atoms with Crippen LogP contribution < -0.4 is 5.32 Å². The summed E-state index contributed by atoms with van der Waals surface area (Å²) in [6.45, 7) is 5.69. The molecule has 2 unspecified atom stereocenters. The summed E-state index contributed by atoms with van der Waals surface area (Å²) in [7, 11) is 0. The van der Waals surface area contributed by atoms with Crippen LogP contribution in [0.25, 0.3) is 0 Å². The molecular formula is C13H18N4O2. The minimum Gasteiger partial charge on any atom is -0.340 e. The first-order valence-electron chi connectivity index (χ1n) is 6.36. The maximum atomic E-state index is 12.5. The molecule has 1 saturated heterocycles. The van der Waals surface area contributed by atoms with Crippen molar-refractivity contribution >= 4 is 11.8 Å². The Hall–Kier alpha value is -1.98. The van der Waals surface area contributed by atoms with Gasteiger partial charge in [-0.1, -0.05) is 6.92 Å². The lowest BCUT2D eigenvalue weighted by Gasteiger charge is -2.42. The predicted molar refractivity (Wildman–Crippen MR) is 68.9 cm³/mol. The topological polar surface area (TPSA) is 75.2 Å². The molecule has 1 fully saturated rings. The Balaban J connectivity index is 2.26. The van der Waals surface area contributed by atoms with Crippen molar-refractivity contribution in [3.8, 4) is 0 Å². The number of nitrogens with one attached hydrogen (secondary N) is 1. The second-order valence-corrected chi connectivity index (χ2v) is 4.98. The SMILES string of the molecule is CCC1(C)NC(=O)C(C)N(Cc2ccncn2)C1=O. The van der Waals surface area contributed by atoms with Crippen molar-refractivity contribution in [1.29, 1.82) is 0 Å². The van der Waals surface area contributed by atoms with Crippen LogP contribution >= 0.6 is 0 Å². The largest absolute Gasteiger partial charge is 0.340 e. The number of rotatable bonds is 3. The quantitative estimate of drug-likeness (QED) is 0.860. The molecule has 2 heterocycles. The van der Waals surface area contributed by atoms with E-state index in [1.165, 1.54) is 6.33 Å². The van der Waals surface area contributed by atoms with Crippen LogP contribution in [-0.2, 0) is 16.1 Å². The van der Waals surface area contributed by atoms with Crippen molar-refractivity contribution < 1.29 is 9.59 Å². The molecule has 102 valence electrons. The minimum absolute atomic E-state index is 0.0688. The fraction of sp³-hybridized carbons (Fsp3) is 0.538. The summed E-state index contributed by atoms with van der Waals surface area (Å²) in [4.78, 5) is 34.0. The van der Waals surface area contributed by atoms with Crippen LogP contribution in [0.4, 0.5) is 0 Å². The third kappa shape index (κ3) is 2.43. The zero-order chi connectivity index (χ0) is 14.0. The molecule has 0 saturated carbocycles. The lowest BCUT2D eigenvalue weighted by atomic mass is 9.92. The lowest BCUT2D eigenvalue weighted by molar-refractivity contribution is -0.154. The first kappa shape index (κ1) is 13.5. The van der Waals surface area contributed by atoms with E-state index >= 15 is 0 Å². The molecule has 1 aliphatic rings. The van der Waals surface area contributed by atoms with Crippen LogP contribution in [0.3, 0.4) is 0 Å². The van der Waals surface area contributed by atoms with Gasteiger partial charge in [0.15, 0.2) is 0 Å². The molecule has 1 aliphatic heterocycles. The fourth-order valence-electron chi connectivity index (χ4n) is 2.10. The number of hydrogen-bond donors (Lipinski definition) is 1. The Morgan fingerprint density at radius 3 is 2.79 bits per heavy atom. The third-order valence-electron chi connectivity index (χ3n) is 3.66. The average molecular weight is 262 g/mol. The Bertz CT molecular complexity index is 491. The van der Waals surface area contributed by atoms with Crippen LogP contribution in [0.15, 0.2) is 18.6 Å². The van der Waals surface area contributed by atoms with E-state index in [1.54, 1.807) is 31.0 Å². The van der Waals surface area contributed by atoms with E-state index < -0.39 is 11.6 Å². The van der Waals surface area contributed by atoms with Crippen molar-refractivity contribution in [2.45, 2.75) is 45.3 Å². The fourth-order valence-corrected chi connectivity index (χ4v) is 2.10. The first-order valence-corrected chi connectivity index (χ1v) is 6.36. The molecule has 19 heavy (non-hydrogen) atoms. The molecule has 2 amide bonds. The molecule has 0 aliphatic carbocycles. The molecule has 2 rings (SSSR count). The summed E-state index contributed by atoms with van der Waals surface area (Å²) in [5.41, 5.74) is -0.0975. The normalized spacial score (nSPS) is 27.3. The number of carbonyl (C=O) groups is 2. The predicted octanol–water partition coefficient (Wildman–Crippen LogP) is 0.492. The molecule has 1 aromatic heterocycles. The van der Waals surface area contributed by atoms with Gasteiger partial charge >= 0.3 is 0 Å². The van der Waals surface area contributed by atoms with Crippen molar-refractivity contribution in [3.63, 3.8) is 0 Å². The summed E-state index contributed by atoms with van der Waals surface area (Å²) in [5.74, 6) is -0.196. The monoisotopic (exact) mass is 262 g/mol. The summed E-state index contributed by atoms with van der Waals surface area (Å²) in [6, 6.07) is 1.26. The van der Waals surface area contributed by atoms with E-state index in [0.717, 1.165) is 5.69 Å². The first-order chi connectivity index (χ1) is 8.98. The molecule has 0 spiro atoms. The smallest absolute Gasteiger partial charge is 0.249 e. The minimum atomic E-state index is -0.823. The van der Waals surface area contributed by atoms with Gasteiger partial charge in [0.2, 0.25) is 11.8 Å². The lowest BCUT2D eigenvalue weighted by Crippen LogP contribution is -2.68. The average Bonchev–Trinajstić information content (AvgIpc) is 2.42. The van der Waals surface area contributed by atoms with Crippen molar-refractivity contribution in [2.24, 2.45) is 0 Å². The van der Waals surface area contributed by atoms with Gasteiger partial charge in [-0.05, 0) is 26.3 Å². The van der Waals surface area contributed by atoms with Gasteiger partial charge in [-0.15, -0.1) is 0 Å².